The minimum atomic E-state index is -3.85. The Hall–Kier alpha value is -1.63. The molecule has 0 amide bonds. The Morgan fingerprint density at radius 3 is 2.53 bits per heavy atom. The first kappa shape index (κ1) is 15.4. The van der Waals surface area contributed by atoms with E-state index in [2.05, 4.69) is 0 Å². The number of halogens is 1. The van der Waals surface area contributed by atoms with Crippen molar-refractivity contribution in [2.45, 2.75) is 24.7 Å². The molecule has 1 N–H and O–H groups in total. The van der Waals surface area contributed by atoms with E-state index in [9.17, 15) is 17.6 Å². The van der Waals surface area contributed by atoms with Crippen LogP contribution in [-0.2, 0) is 9.84 Å². The van der Waals surface area contributed by atoms with Crippen LogP contribution in [0.3, 0.4) is 0 Å². The SMILES string of the molecule is CCCCS(=O)(=O)c1cc(OC)cc(F)c1C(=O)O. The monoisotopic (exact) mass is 290 g/mol. The largest absolute Gasteiger partial charge is 0.497 e. The van der Waals surface area contributed by atoms with Gasteiger partial charge in [0.15, 0.2) is 9.84 Å². The second-order valence-corrected chi connectivity index (χ2v) is 6.04. The van der Waals surface area contributed by atoms with Gasteiger partial charge in [0, 0.05) is 6.07 Å². The fraction of sp³-hybridized carbons (Fsp3) is 0.417. The van der Waals surface area contributed by atoms with Crippen molar-refractivity contribution in [3.8, 4) is 5.75 Å². The summed E-state index contributed by atoms with van der Waals surface area (Å²) >= 11 is 0. The molecule has 1 aromatic carbocycles. The predicted octanol–water partition coefficient (Wildman–Crippen LogP) is 2.11. The highest BCUT2D eigenvalue weighted by atomic mass is 32.2. The first-order valence-electron chi connectivity index (χ1n) is 5.67. The molecule has 1 rings (SSSR count). The molecule has 19 heavy (non-hydrogen) atoms. The van der Waals surface area contributed by atoms with Gasteiger partial charge in [-0.15, -0.1) is 0 Å². The molecule has 5 nitrogen and oxygen atoms in total. The smallest absolute Gasteiger partial charge is 0.340 e. The quantitative estimate of drug-likeness (QED) is 0.867. The highest BCUT2D eigenvalue weighted by Gasteiger charge is 2.26. The van der Waals surface area contributed by atoms with Gasteiger partial charge in [-0.1, -0.05) is 13.3 Å². The van der Waals surface area contributed by atoms with E-state index in [1.54, 1.807) is 6.92 Å². The van der Waals surface area contributed by atoms with E-state index >= 15 is 0 Å². The van der Waals surface area contributed by atoms with Crippen LogP contribution in [0, 0.1) is 5.82 Å². The fourth-order valence-electron chi connectivity index (χ4n) is 1.57. The average molecular weight is 290 g/mol. The van der Waals surface area contributed by atoms with Crippen molar-refractivity contribution in [3.05, 3.63) is 23.5 Å². The van der Waals surface area contributed by atoms with Gasteiger partial charge in [-0.25, -0.2) is 17.6 Å². The van der Waals surface area contributed by atoms with Gasteiger partial charge >= 0.3 is 5.97 Å². The molecular weight excluding hydrogens is 275 g/mol. The summed E-state index contributed by atoms with van der Waals surface area (Å²) in [5.74, 6) is -2.99. The lowest BCUT2D eigenvalue weighted by molar-refractivity contribution is 0.0687. The minimum Gasteiger partial charge on any atom is -0.497 e. The molecule has 0 aromatic heterocycles. The highest BCUT2D eigenvalue weighted by molar-refractivity contribution is 7.91. The summed E-state index contributed by atoms with van der Waals surface area (Å²) in [4.78, 5) is 10.5. The number of benzene rings is 1. The molecule has 0 saturated heterocycles. The lowest BCUT2D eigenvalue weighted by atomic mass is 10.2. The maximum absolute atomic E-state index is 13.7. The van der Waals surface area contributed by atoms with Crippen molar-refractivity contribution in [3.63, 3.8) is 0 Å². The summed E-state index contributed by atoms with van der Waals surface area (Å²) in [7, 11) is -2.61. The topological polar surface area (TPSA) is 80.7 Å². The zero-order chi connectivity index (χ0) is 14.6. The zero-order valence-corrected chi connectivity index (χ0v) is 11.5. The molecule has 7 heteroatoms. The standard InChI is InChI=1S/C12H15FO5S/c1-3-4-5-19(16,17)10-7-8(18-2)6-9(13)11(10)12(14)15/h6-7H,3-5H2,1-2H3,(H,14,15). The summed E-state index contributed by atoms with van der Waals surface area (Å²) in [5.41, 5.74) is -0.836. The Kier molecular flexibility index (Phi) is 4.88. The second kappa shape index (κ2) is 6.01. The Balaban J connectivity index is 3.47. The number of carboxylic acids is 1. The van der Waals surface area contributed by atoms with Crippen molar-refractivity contribution in [1.29, 1.82) is 0 Å². The number of rotatable bonds is 6. The van der Waals surface area contributed by atoms with Crippen molar-refractivity contribution in [1.82, 2.24) is 0 Å². The van der Waals surface area contributed by atoms with E-state index in [1.165, 1.54) is 7.11 Å². The van der Waals surface area contributed by atoms with Crippen molar-refractivity contribution in [2.24, 2.45) is 0 Å². The molecular formula is C12H15FO5S. The molecule has 0 aliphatic rings. The van der Waals surface area contributed by atoms with Gasteiger partial charge in [0.25, 0.3) is 0 Å². The Bertz CT molecular complexity index is 580. The van der Waals surface area contributed by atoms with Crippen LogP contribution in [0.25, 0.3) is 0 Å². The molecule has 1 aromatic rings. The summed E-state index contributed by atoms with van der Waals surface area (Å²) in [6, 6.07) is 1.89. The molecule has 0 aliphatic heterocycles. The molecule has 0 heterocycles. The third-order valence-electron chi connectivity index (χ3n) is 2.58. The maximum atomic E-state index is 13.7. The summed E-state index contributed by atoms with van der Waals surface area (Å²) in [6.45, 7) is 1.81. The van der Waals surface area contributed by atoms with E-state index in [1.807, 2.05) is 0 Å². The average Bonchev–Trinajstić information content (AvgIpc) is 2.34. The van der Waals surface area contributed by atoms with E-state index in [4.69, 9.17) is 9.84 Å². The maximum Gasteiger partial charge on any atom is 0.340 e. The first-order valence-corrected chi connectivity index (χ1v) is 7.32. The predicted molar refractivity (Wildman–Crippen MR) is 66.9 cm³/mol. The van der Waals surface area contributed by atoms with Gasteiger partial charge in [0.2, 0.25) is 0 Å². The zero-order valence-electron chi connectivity index (χ0n) is 10.6. The van der Waals surface area contributed by atoms with E-state index in [0.717, 1.165) is 12.1 Å². The van der Waals surface area contributed by atoms with Crippen LogP contribution in [0.1, 0.15) is 30.1 Å². The molecule has 0 fully saturated rings. The molecule has 0 atom stereocenters. The summed E-state index contributed by atoms with van der Waals surface area (Å²) in [5, 5.41) is 8.95. The third kappa shape index (κ3) is 3.44. The minimum absolute atomic E-state index is 0.0300. The van der Waals surface area contributed by atoms with Gasteiger partial charge < -0.3 is 9.84 Å². The van der Waals surface area contributed by atoms with E-state index < -0.39 is 32.1 Å². The Morgan fingerprint density at radius 2 is 2.05 bits per heavy atom. The van der Waals surface area contributed by atoms with Gasteiger partial charge in [-0.2, -0.15) is 0 Å². The van der Waals surface area contributed by atoms with Crippen molar-refractivity contribution >= 4 is 15.8 Å². The normalized spacial score (nSPS) is 11.3. The third-order valence-corrected chi connectivity index (χ3v) is 4.40. The first-order chi connectivity index (χ1) is 8.83. The van der Waals surface area contributed by atoms with Crippen LogP contribution in [-0.4, -0.2) is 32.4 Å². The molecule has 0 aliphatic carbocycles. The van der Waals surface area contributed by atoms with Gasteiger partial charge in [0.05, 0.1) is 17.8 Å². The number of carbonyl (C=O) groups is 1. The van der Waals surface area contributed by atoms with Crippen LogP contribution in [0.5, 0.6) is 5.75 Å². The molecule has 0 unspecified atom stereocenters. The molecule has 0 saturated carbocycles. The number of methoxy groups -OCH3 is 1. The van der Waals surface area contributed by atoms with Gasteiger partial charge in [0.1, 0.15) is 17.1 Å². The lowest BCUT2D eigenvalue weighted by Crippen LogP contribution is -2.14. The van der Waals surface area contributed by atoms with Crippen molar-refractivity contribution in [2.75, 3.05) is 12.9 Å². The Labute approximate surface area is 110 Å². The van der Waals surface area contributed by atoms with Gasteiger partial charge in [-0.05, 0) is 12.5 Å². The van der Waals surface area contributed by atoms with E-state index in [-0.39, 0.29) is 11.5 Å². The Morgan fingerprint density at radius 1 is 1.42 bits per heavy atom. The summed E-state index contributed by atoms with van der Waals surface area (Å²) < 4.78 is 42.6. The number of aromatic carboxylic acids is 1. The molecule has 0 spiro atoms. The number of sulfone groups is 1. The summed E-state index contributed by atoms with van der Waals surface area (Å²) in [6.07, 6.45) is 1.01. The fourth-order valence-corrected chi connectivity index (χ4v) is 3.25. The molecule has 106 valence electrons. The molecule has 0 bridgehead atoms. The lowest BCUT2D eigenvalue weighted by Gasteiger charge is -2.10. The number of hydrogen-bond donors (Lipinski definition) is 1. The highest BCUT2D eigenvalue weighted by Crippen LogP contribution is 2.27. The number of ether oxygens (including phenoxy) is 1. The van der Waals surface area contributed by atoms with Crippen LogP contribution < -0.4 is 4.74 Å². The van der Waals surface area contributed by atoms with Crippen LogP contribution >= 0.6 is 0 Å². The molecule has 0 radical (unpaired) electrons. The van der Waals surface area contributed by atoms with Crippen LogP contribution in [0.4, 0.5) is 4.39 Å². The van der Waals surface area contributed by atoms with Crippen molar-refractivity contribution < 1.29 is 27.4 Å². The van der Waals surface area contributed by atoms with Gasteiger partial charge in [-0.3, -0.25) is 0 Å². The second-order valence-electron chi connectivity index (χ2n) is 3.96. The van der Waals surface area contributed by atoms with E-state index in [0.29, 0.717) is 12.8 Å². The van der Waals surface area contributed by atoms with Crippen LogP contribution in [0.15, 0.2) is 17.0 Å². The number of carboxylic acid groups (broad SMARTS) is 1. The number of hydrogen-bond acceptors (Lipinski definition) is 4. The van der Waals surface area contributed by atoms with Crippen LogP contribution in [0.2, 0.25) is 0 Å². The number of unbranched alkanes of at least 4 members (excludes halogenated alkanes) is 1.